The van der Waals surface area contributed by atoms with Gasteiger partial charge in [0.25, 0.3) is 0 Å². The molecule has 0 fully saturated rings. The van der Waals surface area contributed by atoms with Crippen molar-refractivity contribution < 1.29 is 4.79 Å². The minimum Gasteiger partial charge on any atom is -0.354 e. The van der Waals surface area contributed by atoms with Crippen LogP contribution in [0.1, 0.15) is 59.8 Å². The van der Waals surface area contributed by atoms with E-state index in [-0.39, 0.29) is 11.3 Å². The first kappa shape index (κ1) is 16.0. The summed E-state index contributed by atoms with van der Waals surface area (Å²) in [5, 5.41) is 11.7. The number of nitrogens with zero attached hydrogens (tertiary/aromatic N) is 1. The third-order valence-corrected chi connectivity index (χ3v) is 3.08. The van der Waals surface area contributed by atoms with Crippen LogP contribution in [0.15, 0.2) is 0 Å². The van der Waals surface area contributed by atoms with Crippen LogP contribution in [0.25, 0.3) is 0 Å². The molecule has 0 bridgehead atoms. The van der Waals surface area contributed by atoms with E-state index in [9.17, 15) is 4.79 Å². The molecule has 0 saturated carbocycles. The number of carbonyl (C=O) groups excluding carboxylic acids is 1. The van der Waals surface area contributed by atoms with E-state index in [1.807, 2.05) is 13.0 Å². The van der Waals surface area contributed by atoms with Gasteiger partial charge in [0, 0.05) is 6.54 Å². The van der Waals surface area contributed by atoms with E-state index in [1.165, 1.54) is 19.3 Å². The van der Waals surface area contributed by atoms with Gasteiger partial charge in [0.1, 0.15) is 5.92 Å². The van der Waals surface area contributed by atoms with Crippen molar-refractivity contribution in [2.24, 2.45) is 11.3 Å². The Balaban J connectivity index is 4.00. The van der Waals surface area contributed by atoms with Crippen molar-refractivity contribution in [3.63, 3.8) is 0 Å². The van der Waals surface area contributed by atoms with Crippen LogP contribution in [-0.2, 0) is 4.79 Å². The van der Waals surface area contributed by atoms with E-state index >= 15 is 0 Å². The van der Waals surface area contributed by atoms with Gasteiger partial charge in [0.2, 0.25) is 5.91 Å². The number of hydrogen-bond acceptors (Lipinski definition) is 2. The highest BCUT2D eigenvalue weighted by atomic mass is 16.1. The van der Waals surface area contributed by atoms with Crippen molar-refractivity contribution in [3.8, 4) is 6.07 Å². The standard InChI is InChI=1S/C14H26N2O/c1-5-7-8-9-14(3,4)11-16-13(17)12(6-2)10-15/h12H,5-9,11H2,1-4H3,(H,16,17). The summed E-state index contributed by atoms with van der Waals surface area (Å²) >= 11 is 0. The van der Waals surface area contributed by atoms with E-state index < -0.39 is 5.92 Å². The third kappa shape index (κ3) is 6.99. The molecule has 0 aliphatic carbocycles. The molecular weight excluding hydrogens is 212 g/mol. The fraction of sp³-hybridized carbons (Fsp3) is 0.857. The Morgan fingerprint density at radius 2 is 2.00 bits per heavy atom. The normalized spacial score (nSPS) is 12.9. The molecular formula is C14H26N2O. The van der Waals surface area contributed by atoms with Crippen molar-refractivity contribution in [1.29, 1.82) is 5.26 Å². The zero-order valence-corrected chi connectivity index (χ0v) is 11.7. The first-order valence-electron chi connectivity index (χ1n) is 6.64. The summed E-state index contributed by atoms with van der Waals surface area (Å²) in [6.45, 7) is 9.04. The van der Waals surface area contributed by atoms with E-state index in [0.717, 1.165) is 6.42 Å². The van der Waals surface area contributed by atoms with E-state index in [0.29, 0.717) is 13.0 Å². The highest BCUT2D eigenvalue weighted by molar-refractivity contribution is 5.80. The van der Waals surface area contributed by atoms with Gasteiger partial charge in [0.05, 0.1) is 6.07 Å². The number of hydrogen-bond donors (Lipinski definition) is 1. The molecule has 3 heteroatoms. The van der Waals surface area contributed by atoms with Crippen LogP contribution in [0.5, 0.6) is 0 Å². The third-order valence-electron chi connectivity index (χ3n) is 3.08. The molecule has 0 aromatic heterocycles. The minimum absolute atomic E-state index is 0.124. The smallest absolute Gasteiger partial charge is 0.237 e. The van der Waals surface area contributed by atoms with Gasteiger partial charge in [-0.3, -0.25) is 4.79 Å². The quantitative estimate of drug-likeness (QED) is 0.660. The van der Waals surface area contributed by atoms with Crippen molar-refractivity contribution in [2.45, 2.75) is 59.8 Å². The summed E-state index contributed by atoms with van der Waals surface area (Å²) in [6, 6.07) is 2.03. The maximum atomic E-state index is 11.6. The maximum absolute atomic E-state index is 11.6. The number of rotatable bonds is 8. The summed E-state index contributed by atoms with van der Waals surface area (Å²) in [7, 11) is 0. The van der Waals surface area contributed by atoms with Gasteiger partial charge in [-0.05, 0) is 18.3 Å². The molecule has 1 amide bonds. The Bertz CT molecular complexity index is 266. The van der Waals surface area contributed by atoms with Crippen molar-refractivity contribution in [1.82, 2.24) is 5.32 Å². The zero-order valence-electron chi connectivity index (χ0n) is 11.7. The van der Waals surface area contributed by atoms with Crippen LogP contribution < -0.4 is 5.32 Å². The molecule has 0 radical (unpaired) electrons. The van der Waals surface area contributed by atoms with Gasteiger partial charge < -0.3 is 5.32 Å². The topological polar surface area (TPSA) is 52.9 Å². The van der Waals surface area contributed by atoms with Crippen molar-refractivity contribution in [2.75, 3.05) is 6.54 Å². The Morgan fingerprint density at radius 3 is 2.47 bits per heavy atom. The summed E-state index contributed by atoms with van der Waals surface area (Å²) in [4.78, 5) is 11.6. The Hall–Kier alpha value is -1.04. The average Bonchev–Trinajstić information content (AvgIpc) is 2.28. The van der Waals surface area contributed by atoms with Crippen LogP contribution in [-0.4, -0.2) is 12.5 Å². The number of unbranched alkanes of at least 4 members (excludes halogenated alkanes) is 2. The van der Waals surface area contributed by atoms with Gasteiger partial charge in [0.15, 0.2) is 0 Å². The fourth-order valence-electron chi connectivity index (χ4n) is 1.73. The van der Waals surface area contributed by atoms with E-state index in [4.69, 9.17) is 5.26 Å². The molecule has 0 heterocycles. The van der Waals surface area contributed by atoms with Crippen molar-refractivity contribution in [3.05, 3.63) is 0 Å². The number of nitriles is 1. The second-order valence-electron chi connectivity index (χ2n) is 5.43. The molecule has 0 aromatic rings. The molecule has 17 heavy (non-hydrogen) atoms. The predicted octanol–water partition coefficient (Wildman–Crippen LogP) is 3.26. The molecule has 3 nitrogen and oxygen atoms in total. The molecule has 0 spiro atoms. The molecule has 0 rings (SSSR count). The zero-order chi connectivity index (χ0) is 13.3. The molecule has 0 aromatic carbocycles. The highest BCUT2D eigenvalue weighted by Crippen LogP contribution is 2.22. The van der Waals surface area contributed by atoms with Gasteiger partial charge in [-0.1, -0.05) is 47.0 Å². The lowest BCUT2D eigenvalue weighted by atomic mass is 9.86. The van der Waals surface area contributed by atoms with E-state index in [2.05, 4.69) is 26.1 Å². The average molecular weight is 238 g/mol. The molecule has 0 aliphatic heterocycles. The Morgan fingerprint density at radius 1 is 1.35 bits per heavy atom. The first-order chi connectivity index (χ1) is 7.96. The van der Waals surface area contributed by atoms with Crippen LogP contribution in [0.4, 0.5) is 0 Å². The van der Waals surface area contributed by atoms with Gasteiger partial charge >= 0.3 is 0 Å². The molecule has 1 atom stereocenters. The number of amides is 1. The Labute approximate surface area is 106 Å². The molecule has 1 N–H and O–H groups in total. The van der Waals surface area contributed by atoms with Gasteiger partial charge in [-0.2, -0.15) is 5.26 Å². The summed E-state index contributed by atoms with van der Waals surface area (Å²) in [5.41, 5.74) is 0.124. The second kappa shape index (κ2) is 8.11. The SMILES string of the molecule is CCCCCC(C)(C)CNC(=O)C(C#N)CC. The van der Waals surface area contributed by atoms with E-state index in [1.54, 1.807) is 0 Å². The highest BCUT2D eigenvalue weighted by Gasteiger charge is 2.21. The van der Waals surface area contributed by atoms with Gasteiger partial charge in [-0.15, -0.1) is 0 Å². The number of nitrogens with one attached hydrogen (secondary N) is 1. The molecule has 0 saturated heterocycles. The molecule has 0 aliphatic rings. The van der Waals surface area contributed by atoms with Crippen LogP contribution in [0.3, 0.4) is 0 Å². The molecule has 1 unspecified atom stereocenters. The Kier molecular flexibility index (Phi) is 7.61. The summed E-state index contributed by atoms with van der Waals surface area (Å²) in [6.07, 6.45) is 5.36. The lowest BCUT2D eigenvalue weighted by Crippen LogP contribution is -2.37. The van der Waals surface area contributed by atoms with Gasteiger partial charge in [-0.25, -0.2) is 0 Å². The first-order valence-corrected chi connectivity index (χ1v) is 6.64. The largest absolute Gasteiger partial charge is 0.354 e. The van der Waals surface area contributed by atoms with Crippen LogP contribution >= 0.6 is 0 Å². The lowest BCUT2D eigenvalue weighted by molar-refractivity contribution is -0.123. The predicted molar refractivity (Wildman–Crippen MR) is 70.3 cm³/mol. The monoisotopic (exact) mass is 238 g/mol. The molecule has 98 valence electrons. The van der Waals surface area contributed by atoms with Crippen LogP contribution in [0, 0.1) is 22.7 Å². The number of carbonyl (C=O) groups is 1. The maximum Gasteiger partial charge on any atom is 0.237 e. The summed E-state index contributed by atoms with van der Waals surface area (Å²) < 4.78 is 0. The minimum atomic E-state index is -0.499. The second-order valence-corrected chi connectivity index (χ2v) is 5.43. The van der Waals surface area contributed by atoms with Crippen LogP contribution in [0.2, 0.25) is 0 Å². The lowest BCUT2D eigenvalue weighted by Gasteiger charge is -2.25. The van der Waals surface area contributed by atoms with Crippen molar-refractivity contribution >= 4 is 5.91 Å². The fourth-order valence-corrected chi connectivity index (χ4v) is 1.73. The summed E-state index contributed by atoms with van der Waals surface area (Å²) in [5.74, 6) is -0.625.